The maximum absolute atomic E-state index is 4.64. The zero-order valence-corrected chi connectivity index (χ0v) is 26.8. The molecule has 0 saturated heterocycles. The van der Waals surface area contributed by atoms with E-state index in [0.717, 1.165) is 0 Å². The Balaban J connectivity index is 1.64. The molecule has 4 aromatic carbocycles. The van der Waals surface area contributed by atoms with Gasteiger partial charge in [-0.1, -0.05) is 0 Å². The Morgan fingerprint density at radius 3 is 1.39 bits per heavy atom. The molecule has 0 N–H and O–H groups in total. The molecule has 0 unspecified atom stereocenters. The Morgan fingerprint density at radius 1 is 0.579 bits per heavy atom. The molecule has 2 heteroatoms. The number of fused-ring (bicyclic) bond motifs is 4. The molecule has 4 aliphatic carbocycles. The Kier molecular flexibility index (Phi) is 3.70. The van der Waals surface area contributed by atoms with Crippen molar-refractivity contribution in [3.63, 3.8) is 0 Å². The van der Waals surface area contributed by atoms with E-state index in [1.165, 1.54) is 91.8 Å². The number of benzene rings is 4. The van der Waals surface area contributed by atoms with Crippen LogP contribution in [-0.2, 0) is 36.2 Å². The van der Waals surface area contributed by atoms with Gasteiger partial charge in [-0.2, -0.15) is 0 Å². The summed E-state index contributed by atoms with van der Waals surface area (Å²) in [5.74, 6) is 0. The van der Waals surface area contributed by atoms with Gasteiger partial charge in [0.2, 0.25) is 0 Å². The summed E-state index contributed by atoms with van der Waals surface area (Å²) in [5, 5.41) is 16.9. The predicted molar refractivity (Wildman–Crippen MR) is 170 cm³/mol. The van der Waals surface area contributed by atoms with Crippen molar-refractivity contribution in [3.05, 3.63) is 104 Å². The summed E-state index contributed by atoms with van der Waals surface area (Å²) in [6, 6.07) is 19.2. The standard InChI is InChI=1S/2C16H12.4CH3.H2Si.Ti/c2*1-10-7-13-9-12-6-5-11-3-2-4-14(16(11)12)15(13)8-10;;;;;;/h2*2-4,8-9H,5-6H2,1H3;4*1H3;1H2;. The topological polar surface area (TPSA) is 0 Å². The minimum atomic E-state index is -4.64. The maximum atomic E-state index is 2.72. The summed E-state index contributed by atoms with van der Waals surface area (Å²) in [5.41, 5.74) is 15.1. The van der Waals surface area contributed by atoms with Crippen LogP contribution in [0.25, 0.3) is 33.7 Å². The molecule has 0 aliphatic heterocycles. The third-order valence-electron chi connectivity index (χ3n) is 10.7. The van der Waals surface area contributed by atoms with E-state index in [2.05, 4.69) is 103 Å². The number of aryl methyl sites for hydroxylation is 4. The molecule has 0 atom stereocenters. The average molecular weight is 547 g/mol. The molecule has 0 nitrogen and oxygen atoms in total. The van der Waals surface area contributed by atoms with Gasteiger partial charge in [0.25, 0.3) is 0 Å². The van der Waals surface area contributed by atoms with Crippen molar-refractivity contribution in [1.82, 2.24) is 0 Å². The molecule has 0 heterocycles. The van der Waals surface area contributed by atoms with E-state index in [0.29, 0.717) is 0 Å². The van der Waals surface area contributed by atoms with Crippen LogP contribution in [0.1, 0.15) is 58.4 Å². The second kappa shape index (κ2) is 5.99. The van der Waals surface area contributed by atoms with Gasteiger partial charge < -0.3 is 0 Å². The molecule has 38 heavy (non-hydrogen) atoms. The zero-order chi connectivity index (χ0) is 26.5. The van der Waals surface area contributed by atoms with Gasteiger partial charge in [0, 0.05) is 0 Å². The molecule has 0 fully saturated rings. The monoisotopic (exact) mass is 546 g/mol. The van der Waals surface area contributed by atoms with Gasteiger partial charge in [0.05, 0.1) is 0 Å². The summed E-state index contributed by atoms with van der Waals surface area (Å²) < 4.78 is 3.32. The fraction of sp³-hybridized carbons (Fsp3) is 0.278. The molecular formula is C36H38SiTi. The molecule has 0 aromatic heterocycles. The second-order valence-corrected chi connectivity index (χ2v) is 54.6. The molecule has 190 valence electrons. The van der Waals surface area contributed by atoms with Gasteiger partial charge >= 0.3 is 224 Å². The van der Waals surface area contributed by atoms with E-state index in [9.17, 15) is 0 Å². The van der Waals surface area contributed by atoms with Crippen LogP contribution in [0.5, 0.6) is 0 Å². The number of allylic oxidation sites excluding steroid dienone is 2. The third kappa shape index (κ3) is 2.66. The molecule has 0 radical (unpaired) electrons. The Morgan fingerprint density at radius 2 is 0.974 bits per heavy atom. The van der Waals surface area contributed by atoms with E-state index < -0.39 is 10.6 Å². The van der Waals surface area contributed by atoms with Crippen molar-refractivity contribution in [3.8, 4) is 0 Å². The summed E-state index contributed by atoms with van der Waals surface area (Å²) >= 11 is 0. The number of hydrogen-bond acceptors (Lipinski definition) is 0. The second-order valence-electron chi connectivity index (χ2n) is 17.0. The predicted octanol–water partition coefficient (Wildman–Crippen LogP) is 8.27. The van der Waals surface area contributed by atoms with E-state index in [-0.39, 0.29) is 0 Å². The van der Waals surface area contributed by atoms with Gasteiger partial charge in [0.1, 0.15) is 0 Å². The van der Waals surface area contributed by atoms with Gasteiger partial charge in [-0.25, -0.2) is 0 Å². The van der Waals surface area contributed by atoms with E-state index >= 15 is 0 Å². The molecular weight excluding hydrogens is 508 g/mol. The molecule has 0 saturated carbocycles. The van der Waals surface area contributed by atoms with Gasteiger partial charge in [0.15, 0.2) is 0 Å². The van der Waals surface area contributed by atoms with Crippen molar-refractivity contribution in [2.75, 3.05) is 0 Å². The zero-order valence-electron chi connectivity index (χ0n) is 23.8. The summed E-state index contributed by atoms with van der Waals surface area (Å²) in [7, 11) is -2.24. The van der Waals surface area contributed by atoms with Crippen LogP contribution < -0.4 is 0 Å². The van der Waals surface area contributed by atoms with Gasteiger partial charge in [-0.05, 0) is 0 Å². The van der Waals surface area contributed by atoms with Gasteiger partial charge in [-0.15, -0.1) is 0 Å². The summed E-state index contributed by atoms with van der Waals surface area (Å²) in [6.45, 7) is 4.80. The fourth-order valence-corrected chi connectivity index (χ4v) is 25.9. The first kappa shape index (κ1) is 23.4. The van der Waals surface area contributed by atoms with E-state index in [1.807, 2.05) is 0 Å². The average Bonchev–Trinajstić information content (AvgIpc) is 3.58. The molecule has 0 spiro atoms. The Labute approximate surface area is 223 Å². The fourth-order valence-electron chi connectivity index (χ4n) is 10.0. The van der Waals surface area contributed by atoms with Crippen molar-refractivity contribution >= 4 is 49.0 Å². The first-order chi connectivity index (χ1) is 17.7. The Bertz CT molecular complexity index is 2180. The van der Waals surface area contributed by atoms with Crippen LogP contribution in [0.4, 0.5) is 0 Å². The van der Waals surface area contributed by atoms with Crippen LogP contribution >= 0.6 is 0 Å². The normalized spacial score (nSPS) is 18.9. The first-order valence-corrected chi connectivity index (χ1v) is 26.4. The van der Waals surface area contributed by atoms with Crippen molar-refractivity contribution in [2.24, 2.45) is 0 Å². The molecule has 0 amide bonds. The minimum absolute atomic E-state index is 1.17. The van der Waals surface area contributed by atoms with Crippen molar-refractivity contribution in [1.29, 1.82) is 0 Å². The molecule has 8 rings (SSSR count). The van der Waals surface area contributed by atoms with Crippen LogP contribution in [0.3, 0.4) is 0 Å². The third-order valence-corrected chi connectivity index (χ3v) is 23.8. The number of hydrogen-bond donors (Lipinski definition) is 0. The van der Waals surface area contributed by atoms with Crippen LogP contribution in [0.2, 0.25) is 20.9 Å². The summed E-state index contributed by atoms with van der Waals surface area (Å²) in [4.78, 5) is 0. The first-order valence-electron chi connectivity index (χ1n) is 14.6. The van der Waals surface area contributed by atoms with Crippen LogP contribution in [0.15, 0.2) is 59.7 Å². The van der Waals surface area contributed by atoms with Crippen molar-refractivity contribution in [2.45, 2.75) is 60.4 Å². The number of rotatable bonds is 0. The molecule has 4 aromatic rings. The quantitative estimate of drug-likeness (QED) is 0.195. The summed E-state index contributed by atoms with van der Waals surface area (Å²) in [6.07, 6.45) is 9.77. The SMILES string of the molecule is CC1=Cc2c(cc3c4c(cccc24)CC3)[C]1=[Ti]([CH3])([CH3])([CH3])([CH3])(=[SiH2])=[C]1C(C)=Cc2c1cc1c3c(cccc23)CC1. The van der Waals surface area contributed by atoms with Crippen LogP contribution in [0, 0.1) is 0 Å². The molecule has 4 aliphatic rings. The van der Waals surface area contributed by atoms with E-state index in [4.69, 9.17) is 0 Å². The Hall–Kier alpha value is -2.45. The van der Waals surface area contributed by atoms with Gasteiger partial charge in [-0.3, -0.25) is 0 Å². The van der Waals surface area contributed by atoms with E-state index in [1.54, 1.807) is 18.7 Å². The van der Waals surface area contributed by atoms with Crippen molar-refractivity contribution < 1.29 is 10.6 Å². The molecule has 0 bridgehead atoms. The van der Waals surface area contributed by atoms with Crippen LogP contribution in [-0.4, -0.2) is 15.3 Å².